The summed E-state index contributed by atoms with van der Waals surface area (Å²) >= 11 is 0. The first-order chi connectivity index (χ1) is 17.3. The molecule has 5 nitrogen and oxygen atoms in total. The van der Waals surface area contributed by atoms with Crippen molar-refractivity contribution in [2.24, 2.45) is 0 Å². The number of para-hydroxylation sites is 1. The lowest BCUT2D eigenvalue weighted by atomic mass is 10.0. The first-order valence-corrected chi connectivity index (χ1v) is 10.9. The average Bonchev–Trinajstić information content (AvgIpc) is 2.90. The number of fused-ring (bicyclic) bond motifs is 1. The number of anilines is 1. The van der Waals surface area contributed by atoms with E-state index in [2.05, 4.69) is 0 Å². The Hall–Kier alpha value is -4.21. The van der Waals surface area contributed by atoms with E-state index in [-0.39, 0.29) is 37.3 Å². The van der Waals surface area contributed by atoms with Crippen molar-refractivity contribution in [2.75, 3.05) is 31.1 Å². The van der Waals surface area contributed by atoms with E-state index < -0.39 is 46.3 Å². The molecule has 0 saturated carbocycles. The molecule has 0 unspecified atom stereocenters. The molecular weight excluding hydrogens is 483 g/mol. The summed E-state index contributed by atoms with van der Waals surface area (Å²) in [4.78, 5) is 28.0. The summed E-state index contributed by atoms with van der Waals surface area (Å²) in [6.45, 7) is -0.308. The molecule has 1 amide bonds. The van der Waals surface area contributed by atoms with Crippen LogP contribution in [0.5, 0.6) is 0 Å². The van der Waals surface area contributed by atoms with Gasteiger partial charge in [-0.2, -0.15) is 0 Å². The van der Waals surface area contributed by atoms with Crippen LogP contribution < -0.4 is 10.5 Å². The van der Waals surface area contributed by atoms with Gasteiger partial charge in [0.25, 0.3) is 5.91 Å². The Kier molecular flexibility index (Phi) is 5.95. The van der Waals surface area contributed by atoms with Crippen molar-refractivity contribution in [3.63, 3.8) is 0 Å². The lowest BCUT2D eigenvalue weighted by molar-refractivity contribution is 0.0746. The van der Waals surface area contributed by atoms with Crippen LogP contribution in [0.25, 0.3) is 22.1 Å². The number of hydrogen-bond donors (Lipinski definition) is 0. The number of benzene rings is 3. The molecule has 0 atom stereocenters. The minimum atomic E-state index is -2.22. The first-order valence-electron chi connectivity index (χ1n) is 10.9. The van der Waals surface area contributed by atoms with E-state index in [0.29, 0.717) is 16.5 Å². The van der Waals surface area contributed by atoms with Crippen molar-refractivity contribution >= 4 is 22.6 Å². The zero-order valence-electron chi connectivity index (χ0n) is 18.5. The second kappa shape index (κ2) is 9.10. The summed E-state index contributed by atoms with van der Waals surface area (Å²) in [5, 5.41) is 0.716. The minimum Gasteiger partial charge on any atom is -0.422 e. The third-order valence-corrected chi connectivity index (χ3v) is 6.13. The van der Waals surface area contributed by atoms with E-state index in [9.17, 15) is 31.5 Å². The molecule has 2 heterocycles. The van der Waals surface area contributed by atoms with Crippen LogP contribution in [0.3, 0.4) is 0 Å². The van der Waals surface area contributed by atoms with E-state index >= 15 is 0 Å². The maximum atomic E-state index is 14.2. The predicted octanol–water partition coefficient (Wildman–Crippen LogP) is 5.12. The summed E-state index contributed by atoms with van der Waals surface area (Å²) in [6.07, 6.45) is 0. The minimum absolute atomic E-state index is 0.0132. The molecule has 0 N–H and O–H groups in total. The molecule has 0 spiro atoms. The molecule has 0 aliphatic carbocycles. The maximum Gasteiger partial charge on any atom is 0.344 e. The molecule has 5 rings (SSSR count). The fraction of sp³-hybridized carbons (Fsp3) is 0.154. The highest BCUT2D eigenvalue weighted by Crippen LogP contribution is 2.31. The molecule has 3 aromatic carbocycles. The standard InChI is InChI=1S/C26H17F5N2O3/c27-19-20(28)22(30)24(23(31)21(19)29)32-8-10-33(11-9-32)25(34)16-6-3-5-14(12-16)17-13-15-4-1-2-7-18(15)36-26(17)35/h1-7,12-13H,8-11H2. The normalized spacial score (nSPS) is 13.9. The molecule has 184 valence electrons. The van der Waals surface area contributed by atoms with E-state index in [4.69, 9.17) is 4.42 Å². The Morgan fingerprint density at radius 2 is 1.39 bits per heavy atom. The van der Waals surface area contributed by atoms with Crippen molar-refractivity contribution in [3.05, 3.63) is 99.7 Å². The molecule has 1 fully saturated rings. The number of piperazine rings is 1. The van der Waals surface area contributed by atoms with Crippen molar-refractivity contribution in [1.29, 1.82) is 0 Å². The number of hydrogen-bond acceptors (Lipinski definition) is 4. The maximum absolute atomic E-state index is 14.2. The van der Waals surface area contributed by atoms with Crippen LogP contribution in [-0.4, -0.2) is 37.0 Å². The van der Waals surface area contributed by atoms with Gasteiger partial charge in [0, 0.05) is 37.1 Å². The van der Waals surface area contributed by atoms with Gasteiger partial charge in [-0.25, -0.2) is 26.7 Å². The van der Waals surface area contributed by atoms with Gasteiger partial charge in [0.2, 0.25) is 5.82 Å². The highest BCUT2D eigenvalue weighted by Gasteiger charge is 2.31. The van der Waals surface area contributed by atoms with Gasteiger partial charge >= 0.3 is 5.63 Å². The molecule has 10 heteroatoms. The molecule has 0 radical (unpaired) electrons. The van der Waals surface area contributed by atoms with Crippen LogP contribution in [-0.2, 0) is 0 Å². The lowest BCUT2D eigenvalue weighted by Gasteiger charge is -2.36. The second-order valence-corrected chi connectivity index (χ2v) is 8.26. The van der Waals surface area contributed by atoms with E-state index in [1.165, 1.54) is 4.90 Å². The van der Waals surface area contributed by atoms with E-state index in [0.717, 1.165) is 4.90 Å². The molecule has 1 saturated heterocycles. The topological polar surface area (TPSA) is 53.8 Å². The van der Waals surface area contributed by atoms with Gasteiger partial charge in [-0.1, -0.05) is 30.3 Å². The van der Waals surface area contributed by atoms with Gasteiger partial charge in [0.1, 0.15) is 11.3 Å². The number of carbonyl (C=O) groups excluding carboxylic acids is 1. The largest absolute Gasteiger partial charge is 0.422 e. The summed E-state index contributed by atoms with van der Waals surface area (Å²) in [5.74, 6) is -10.5. The quantitative estimate of drug-likeness (QED) is 0.170. The highest BCUT2D eigenvalue weighted by atomic mass is 19.2. The van der Waals surface area contributed by atoms with Crippen LogP contribution in [0, 0.1) is 29.1 Å². The molecule has 4 aromatic rings. The Balaban J connectivity index is 1.37. The number of amides is 1. The smallest absolute Gasteiger partial charge is 0.344 e. The molecular formula is C26H17F5N2O3. The van der Waals surface area contributed by atoms with Crippen LogP contribution in [0.2, 0.25) is 0 Å². The number of nitrogens with zero attached hydrogens (tertiary/aromatic N) is 2. The molecule has 1 aliphatic rings. The Morgan fingerprint density at radius 3 is 2.08 bits per heavy atom. The van der Waals surface area contributed by atoms with Crippen molar-refractivity contribution in [3.8, 4) is 11.1 Å². The second-order valence-electron chi connectivity index (χ2n) is 8.26. The fourth-order valence-corrected chi connectivity index (χ4v) is 4.27. The molecule has 36 heavy (non-hydrogen) atoms. The van der Waals surface area contributed by atoms with Crippen molar-refractivity contribution in [1.82, 2.24) is 4.90 Å². The van der Waals surface area contributed by atoms with Crippen LogP contribution in [0.1, 0.15) is 10.4 Å². The Labute approximate surface area is 201 Å². The fourth-order valence-electron chi connectivity index (χ4n) is 4.27. The Bertz CT molecular complexity index is 1530. The SMILES string of the molecule is O=C(c1cccc(-c2cc3ccccc3oc2=O)c1)N1CCN(c2c(F)c(F)c(F)c(F)c2F)CC1. The third-order valence-electron chi connectivity index (χ3n) is 6.13. The van der Waals surface area contributed by atoms with Crippen molar-refractivity contribution in [2.45, 2.75) is 0 Å². The van der Waals surface area contributed by atoms with Crippen LogP contribution in [0.15, 0.2) is 63.8 Å². The van der Waals surface area contributed by atoms with Crippen molar-refractivity contribution < 1.29 is 31.2 Å². The van der Waals surface area contributed by atoms with Gasteiger partial charge in [-0.3, -0.25) is 4.79 Å². The monoisotopic (exact) mass is 500 g/mol. The van der Waals surface area contributed by atoms with Gasteiger partial charge in [0.05, 0.1) is 5.56 Å². The van der Waals surface area contributed by atoms with Gasteiger partial charge < -0.3 is 14.2 Å². The summed E-state index contributed by atoms with van der Waals surface area (Å²) in [5.41, 5.74) is -0.118. The van der Waals surface area contributed by atoms with E-state index in [1.54, 1.807) is 54.6 Å². The average molecular weight is 500 g/mol. The highest BCUT2D eigenvalue weighted by molar-refractivity contribution is 5.96. The van der Waals surface area contributed by atoms with Gasteiger partial charge in [-0.05, 0) is 29.8 Å². The zero-order chi connectivity index (χ0) is 25.6. The molecule has 1 aromatic heterocycles. The zero-order valence-corrected chi connectivity index (χ0v) is 18.5. The van der Waals surface area contributed by atoms with Crippen LogP contribution in [0.4, 0.5) is 27.6 Å². The van der Waals surface area contributed by atoms with Gasteiger partial charge in [-0.15, -0.1) is 0 Å². The summed E-state index contributed by atoms with van der Waals surface area (Å²) in [7, 11) is 0. The van der Waals surface area contributed by atoms with E-state index in [1.807, 2.05) is 0 Å². The third kappa shape index (κ3) is 3.98. The predicted molar refractivity (Wildman–Crippen MR) is 122 cm³/mol. The lowest BCUT2D eigenvalue weighted by Crippen LogP contribution is -2.49. The van der Waals surface area contributed by atoms with Crippen LogP contribution >= 0.6 is 0 Å². The Morgan fingerprint density at radius 1 is 0.750 bits per heavy atom. The van der Waals surface area contributed by atoms with Gasteiger partial charge in [0.15, 0.2) is 23.3 Å². The number of rotatable bonds is 3. The first kappa shape index (κ1) is 23.5. The number of halogens is 5. The molecule has 1 aliphatic heterocycles. The summed E-state index contributed by atoms with van der Waals surface area (Å²) in [6, 6.07) is 15.1. The number of carbonyl (C=O) groups is 1. The molecule has 0 bridgehead atoms. The summed E-state index contributed by atoms with van der Waals surface area (Å²) < 4.78 is 74.2.